The van der Waals surface area contributed by atoms with Gasteiger partial charge in [0.15, 0.2) is 11.5 Å². The van der Waals surface area contributed by atoms with E-state index in [2.05, 4.69) is 59.0 Å². The van der Waals surface area contributed by atoms with Crippen molar-refractivity contribution < 1.29 is 9.47 Å². The van der Waals surface area contributed by atoms with Crippen molar-refractivity contribution in [3.8, 4) is 11.5 Å². The molecular weight excluding hydrogens is 342 g/mol. The number of ether oxygens (including phenoxy) is 2. The van der Waals surface area contributed by atoms with Gasteiger partial charge in [-0.15, -0.1) is 0 Å². The predicted molar refractivity (Wildman–Crippen MR) is 103 cm³/mol. The number of hydrogen-bond donors (Lipinski definition) is 1. The highest BCUT2D eigenvalue weighted by Crippen LogP contribution is 2.40. The van der Waals surface area contributed by atoms with E-state index >= 15 is 0 Å². The van der Waals surface area contributed by atoms with Crippen LogP contribution in [0, 0.1) is 13.8 Å². The van der Waals surface area contributed by atoms with Gasteiger partial charge in [-0.2, -0.15) is 4.68 Å². The maximum atomic E-state index is 5.63. The van der Waals surface area contributed by atoms with Crippen LogP contribution in [0.3, 0.4) is 0 Å². The van der Waals surface area contributed by atoms with E-state index in [0.717, 1.165) is 16.8 Å². The summed E-state index contributed by atoms with van der Waals surface area (Å²) in [6.45, 7) is 4.21. The monoisotopic (exact) mass is 363 g/mol. The van der Waals surface area contributed by atoms with Crippen LogP contribution in [-0.4, -0.2) is 34.4 Å². The average Bonchev–Trinajstić information content (AvgIpc) is 3.17. The number of hydrogen-bond acceptors (Lipinski definition) is 6. The van der Waals surface area contributed by atoms with Crippen molar-refractivity contribution in [3.63, 3.8) is 0 Å². The molecule has 27 heavy (non-hydrogen) atoms. The number of aromatic nitrogens is 4. The van der Waals surface area contributed by atoms with Crippen LogP contribution in [0.25, 0.3) is 5.70 Å². The minimum Gasteiger partial charge on any atom is -0.493 e. The summed E-state index contributed by atoms with van der Waals surface area (Å²) in [4.78, 5) is 0. The SMILES string of the molecule is COc1cccc(C2C=C(c3ccc(C)c(C)c3)Nc3nnnn32)c1OC. The lowest BCUT2D eigenvalue weighted by atomic mass is 9.98. The lowest BCUT2D eigenvalue weighted by Crippen LogP contribution is -2.21. The van der Waals surface area contributed by atoms with Gasteiger partial charge in [0.25, 0.3) is 0 Å². The fourth-order valence-corrected chi connectivity index (χ4v) is 3.30. The van der Waals surface area contributed by atoms with Crippen LogP contribution in [0.2, 0.25) is 0 Å². The van der Waals surface area contributed by atoms with E-state index in [1.165, 1.54) is 11.1 Å². The molecule has 138 valence electrons. The van der Waals surface area contributed by atoms with Gasteiger partial charge in [-0.25, -0.2) is 0 Å². The third kappa shape index (κ3) is 2.91. The Balaban J connectivity index is 1.86. The maximum Gasteiger partial charge on any atom is 0.248 e. The number of nitrogens with one attached hydrogen (secondary N) is 1. The van der Waals surface area contributed by atoms with Gasteiger partial charge in [-0.3, -0.25) is 0 Å². The summed E-state index contributed by atoms with van der Waals surface area (Å²) < 4.78 is 12.8. The first-order chi connectivity index (χ1) is 13.1. The largest absolute Gasteiger partial charge is 0.493 e. The van der Waals surface area contributed by atoms with E-state index in [9.17, 15) is 0 Å². The Morgan fingerprint density at radius 3 is 2.63 bits per heavy atom. The molecule has 0 bridgehead atoms. The number of nitrogens with zero attached hydrogens (tertiary/aromatic N) is 4. The van der Waals surface area contributed by atoms with Gasteiger partial charge in [-0.1, -0.05) is 29.4 Å². The van der Waals surface area contributed by atoms with Crippen molar-refractivity contribution in [2.24, 2.45) is 0 Å². The molecule has 0 fully saturated rings. The van der Waals surface area contributed by atoms with Crippen LogP contribution in [0.5, 0.6) is 11.5 Å². The Morgan fingerprint density at radius 2 is 1.89 bits per heavy atom. The van der Waals surface area contributed by atoms with Gasteiger partial charge in [0.05, 0.1) is 14.2 Å². The topological polar surface area (TPSA) is 74.1 Å². The lowest BCUT2D eigenvalue weighted by molar-refractivity contribution is 0.348. The maximum absolute atomic E-state index is 5.63. The molecule has 0 spiro atoms. The normalized spacial score (nSPS) is 15.6. The molecule has 4 rings (SSSR count). The zero-order valence-corrected chi connectivity index (χ0v) is 15.7. The first-order valence-electron chi connectivity index (χ1n) is 8.67. The zero-order chi connectivity index (χ0) is 19.0. The zero-order valence-electron chi connectivity index (χ0n) is 15.7. The second kappa shape index (κ2) is 6.75. The number of aryl methyl sites for hydroxylation is 2. The molecule has 1 unspecified atom stereocenters. The fraction of sp³-hybridized carbons (Fsp3) is 0.250. The van der Waals surface area contributed by atoms with Crippen molar-refractivity contribution in [1.29, 1.82) is 0 Å². The summed E-state index contributed by atoms with van der Waals surface area (Å²) in [6.07, 6.45) is 2.10. The first-order valence-corrected chi connectivity index (χ1v) is 8.67. The van der Waals surface area contributed by atoms with Crippen molar-refractivity contribution in [2.45, 2.75) is 19.9 Å². The van der Waals surface area contributed by atoms with Crippen molar-refractivity contribution in [1.82, 2.24) is 20.2 Å². The van der Waals surface area contributed by atoms with E-state index < -0.39 is 0 Å². The molecular formula is C20H21N5O2. The minimum absolute atomic E-state index is 0.224. The minimum atomic E-state index is -0.224. The number of tetrazole rings is 1. The molecule has 1 atom stereocenters. The van der Waals surface area contributed by atoms with E-state index in [-0.39, 0.29) is 6.04 Å². The number of fused-ring (bicyclic) bond motifs is 1. The molecule has 0 amide bonds. The number of para-hydroxylation sites is 1. The molecule has 0 radical (unpaired) electrons. The molecule has 1 aromatic heterocycles. The Labute approximate surface area is 157 Å². The first kappa shape index (κ1) is 17.1. The third-order valence-corrected chi connectivity index (χ3v) is 4.90. The van der Waals surface area contributed by atoms with Crippen LogP contribution in [0.15, 0.2) is 42.5 Å². The molecule has 2 heterocycles. The van der Waals surface area contributed by atoms with Crippen LogP contribution in [0.1, 0.15) is 28.3 Å². The molecule has 3 aromatic rings. The predicted octanol–water partition coefficient (Wildman–Crippen LogP) is 3.36. The van der Waals surface area contributed by atoms with Crippen LogP contribution in [-0.2, 0) is 0 Å². The molecule has 1 N–H and O–H groups in total. The second-order valence-electron chi connectivity index (χ2n) is 6.48. The Hall–Kier alpha value is -3.35. The van der Waals surface area contributed by atoms with Crippen molar-refractivity contribution in [3.05, 3.63) is 64.7 Å². The highest BCUT2D eigenvalue weighted by atomic mass is 16.5. The summed E-state index contributed by atoms with van der Waals surface area (Å²) in [6, 6.07) is 12.0. The summed E-state index contributed by atoms with van der Waals surface area (Å²) in [5.41, 5.74) is 5.45. The van der Waals surface area contributed by atoms with Gasteiger partial charge < -0.3 is 14.8 Å². The van der Waals surface area contributed by atoms with Crippen LogP contribution >= 0.6 is 0 Å². The van der Waals surface area contributed by atoms with E-state index in [0.29, 0.717) is 17.4 Å². The molecule has 0 saturated carbocycles. The summed E-state index contributed by atoms with van der Waals surface area (Å²) in [5.74, 6) is 1.92. The van der Waals surface area contributed by atoms with Gasteiger partial charge in [0.2, 0.25) is 5.95 Å². The quantitative estimate of drug-likeness (QED) is 0.766. The molecule has 1 aliphatic rings. The molecule has 0 aliphatic carbocycles. The smallest absolute Gasteiger partial charge is 0.248 e. The molecule has 1 aliphatic heterocycles. The lowest BCUT2D eigenvalue weighted by Gasteiger charge is -2.25. The van der Waals surface area contributed by atoms with Gasteiger partial charge in [0, 0.05) is 11.3 Å². The summed E-state index contributed by atoms with van der Waals surface area (Å²) >= 11 is 0. The highest BCUT2D eigenvalue weighted by molar-refractivity contribution is 5.77. The number of benzene rings is 2. The summed E-state index contributed by atoms with van der Waals surface area (Å²) in [5, 5.41) is 15.4. The fourth-order valence-electron chi connectivity index (χ4n) is 3.30. The molecule has 7 nitrogen and oxygen atoms in total. The second-order valence-corrected chi connectivity index (χ2v) is 6.48. The van der Waals surface area contributed by atoms with E-state index in [1.54, 1.807) is 18.9 Å². The van der Waals surface area contributed by atoms with Crippen molar-refractivity contribution in [2.75, 3.05) is 19.5 Å². The third-order valence-electron chi connectivity index (χ3n) is 4.90. The Bertz CT molecular complexity index is 1020. The van der Waals surface area contributed by atoms with E-state index in [4.69, 9.17) is 9.47 Å². The van der Waals surface area contributed by atoms with Gasteiger partial charge in [0.1, 0.15) is 6.04 Å². The van der Waals surface area contributed by atoms with Gasteiger partial charge in [-0.05, 0) is 59.2 Å². The van der Waals surface area contributed by atoms with Crippen LogP contribution < -0.4 is 14.8 Å². The average molecular weight is 363 g/mol. The van der Waals surface area contributed by atoms with Crippen molar-refractivity contribution >= 4 is 11.6 Å². The summed E-state index contributed by atoms with van der Waals surface area (Å²) in [7, 11) is 3.26. The van der Waals surface area contributed by atoms with Gasteiger partial charge >= 0.3 is 0 Å². The Morgan fingerprint density at radius 1 is 1.04 bits per heavy atom. The highest BCUT2D eigenvalue weighted by Gasteiger charge is 2.27. The number of methoxy groups -OCH3 is 2. The molecule has 7 heteroatoms. The Kier molecular flexibility index (Phi) is 4.27. The number of rotatable bonds is 4. The standard InChI is InChI=1S/C20H21N5O2/c1-12-8-9-14(10-13(12)2)16-11-17(25-20(21-16)22-23-24-25)15-6-5-7-18(26-3)19(15)27-4/h5-11,17H,1-4H3,(H,21,22,24). The van der Waals surface area contributed by atoms with E-state index in [1.807, 2.05) is 18.2 Å². The number of allylic oxidation sites excluding steroid dienone is 1. The molecule has 2 aromatic carbocycles. The number of anilines is 1. The van der Waals surface area contributed by atoms with Crippen LogP contribution in [0.4, 0.5) is 5.95 Å². The molecule has 0 saturated heterocycles.